The van der Waals surface area contributed by atoms with Gasteiger partial charge in [-0.25, -0.2) is 0 Å². The highest BCUT2D eigenvalue weighted by Crippen LogP contribution is 2.40. The van der Waals surface area contributed by atoms with E-state index in [1.807, 2.05) is 0 Å². The maximum atomic E-state index is 5.74. The van der Waals surface area contributed by atoms with Crippen molar-refractivity contribution in [3.8, 4) is 5.75 Å². The maximum Gasteiger partial charge on any atom is 0.126 e. The third-order valence-corrected chi connectivity index (χ3v) is 3.70. The van der Waals surface area contributed by atoms with Crippen LogP contribution in [0.25, 0.3) is 0 Å². The quantitative estimate of drug-likeness (QED) is 0.711. The van der Waals surface area contributed by atoms with Crippen molar-refractivity contribution < 1.29 is 4.74 Å². The number of methoxy groups -OCH3 is 1. The van der Waals surface area contributed by atoms with E-state index in [9.17, 15) is 0 Å². The van der Waals surface area contributed by atoms with Crippen LogP contribution in [0.15, 0.2) is 12.1 Å². The Kier molecular flexibility index (Phi) is 4.84. The number of aryl methyl sites for hydroxylation is 1. The van der Waals surface area contributed by atoms with Gasteiger partial charge in [-0.1, -0.05) is 52.3 Å². The fourth-order valence-corrected chi connectivity index (χ4v) is 2.62. The predicted molar refractivity (Wildman–Crippen MR) is 79.8 cm³/mol. The summed E-state index contributed by atoms with van der Waals surface area (Å²) in [4.78, 5) is 0. The smallest absolute Gasteiger partial charge is 0.126 e. The highest BCUT2D eigenvalue weighted by Gasteiger charge is 2.24. The summed E-state index contributed by atoms with van der Waals surface area (Å²) < 4.78 is 5.74. The summed E-state index contributed by atoms with van der Waals surface area (Å²) >= 11 is 0. The van der Waals surface area contributed by atoms with Crippen LogP contribution in [0.1, 0.15) is 70.1 Å². The number of rotatable bonds is 4. The average molecular weight is 248 g/mol. The molecule has 0 bridgehead atoms. The number of benzene rings is 1. The fraction of sp³-hybridized carbons (Fsp3) is 0.647. The van der Waals surface area contributed by atoms with Gasteiger partial charge in [0, 0.05) is 5.56 Å². The summed E-state index contributed by atoms with van der Waals surface area (Å²) in [6, 6.07) is 4.57. The van der Waals surface area contributed by atoms with Crippen LogP contribution in [0.2, 0.25) is 0 Å². The SMILES string of the molecule is CCC(CC)c1cc(C)cc(C(C)(C)C)c1OC. The van der Waals surface area contributed by atoms with E-state index in [1.54, 1.807) is 7.11 Å². The minimum absolute atomic E-state index is 0.123. The Balaban J connectivity index is 3.47. The molecule has 1 aromatic rings. The molecule has 0 saturated carbocycles. The van der Waals surface area contributed by atoms with Gasteiger partial charge in [0.25, 0.3) is 0 Å². The van der Waals surface area contributed by atoms with Crippen molar-refractivity contribution in [1.82, 2.24) is 0 Å². The van der Waals surface area contributed by atoms with Gasteiger partial charge in [0.2, 0.25) is 0 Å². The standard InChI is InChI=1S/C17H28O/c1-8-13(9-2)14-10-12(3)11-15(16(14)18-7)17(4,5)6/h10-11,13H,8-9H2,1-7H3. The molecule has 0 spiro atoms. The first-order chi connectivity index (χ1) is 8.35. The lowest BCUT2D eigenvalue weighted by Gasteiger charge is -2.27. The van der Waals surface area contributed by atoms with Crippen molar-refractivity contribution in [1.29, 1.82) is 0 Å². The number of hydrogen-bond donors (Lipinski definition) is 0. The molecule has 0 fully saturated rings. The van der Waals surface area contributed by atoms with Crippen molar-refractivity contribution in [2.75, 3.05) is 7.11 Å². The molecule has 0 amide bonds. The maximum absolute atomic E-state index is 5.74. The first-order valence-corrected chi connectivity index (χ1v) is 7.04. The fourth-order valence-electron chi connectivity index (χ4n) is 2.62. The third kappa shape index (κ3) is 3.07. The van der Waals surface area contributed by atoms with Crippen LogP contribution >= 0.6 is 0 Å². The van der Waals surface area contributed by atoms with Crippen molar-refractivity contribution in [2.45, 2.75) is 65.7 Å². The zero-order chi connectivity index (χ0) is 13.9. The molecule has 102 valence electrons. The Morgan fingerprint density at radius 3 is 2.06 bits per heavy atom. The zero-order valence-electron chi connectivity index (χ0n) is 13.1. The molecular formula is C17H28O. The summed E-state index contributed by atoms with van der Waals surface area (Å²) in [6.07, 6.45) is 2.33. The third-order valence-electron chi connectivity index (χ3n) is 3.70. The zero-order valence-corrected chi connectivity index (χ0v) is 13.1. The first-order valence-electron chi connectivity index (χ1n) is 7.04. The molecule has 0 aromatic heterocycles. The number of ether oxygens (including phenoxy) is 1. The molecule has 0 heterocycles. The van der Waals surface area contributed by atoms with Crippen LogP contribution in [0.4, 0.5) is 0 Å². The van der Waals surface area contributed by atoms with Crippen LogP contribution in [0.5, 0.6) is 5.75 Å². The van der Waals surface area contributed by atoms with Crippen LogP contribution in [-0.2, 0) is 5.41 Å². The van der Waals surface area contributed by atoms with Gasteiger partial charge in [-0.2, -0.15) is 0 Å². The predicted octanol–water partition coefficient (Wildman–Crippen LogP) is 5.20. The lowest BCUT2D eigenvalue weighted by molar-refractivity contribution is 0.386. The molecule has 18 heavy (non-hydrogen) atoms. The van der Waals surface area contributed by atoms with Gasteiger partial charge in [0.05, 0.1) is 7.11 Å². The van der Waals surface area contributed by atoms with E-state index in [1.165, 1.54) is 29.5 Å². The minimum Gasteiger partial charge on any atom is -0.496 e. The van der Waals surface area contributed by atoms with Gasteiger partial charge in [-0.05, 0) is 36.7 Å². The molecule has 0 aliphatic heterocycles. The van der Waals surface area contributed by atoms with Gasteiger partial charge >= 0.3 is 0 Å². The first kappa shape index (κ1) is 15.1. The van der Waals surface area contributed by atoms with Crippen molar-refractivity contribution >= 4 is 0 Å². The topological polar surface area (TPSA) is 9.23 Å². The van der Waals surface area contributed by atoms with E-state index in [4.69, 9.17) is 4.74 Å². The summed E-state index contributed by atoms with van der Waals surface area (Å²) in [5.74, 6) is 1.70. The summed E-state index contributed by atoms with van der Waals surface area (Å²) in [5, 5.41) is 0. The molecule has 0 aliphatic rings. The van der Waals surface area contributed by atoms with Gasteiger partial charge in [-0.3, -0.25) is 0 Å². The summed E-state index contributed by atoms with van der Waals surface area (Å²) in [6.45, 7) is 13.4. The van der Waals surface area contributed by atoms with Crippen molar-refractivity contribution in [3.05, 3.63) is 28.8 Å². The molecule has 0 unspecified atom stereocenters. The molecular weight excluding hydrogens is 220 g/mol. The molecule has 1 aromatic carbocycles. The summed E-state index contributed by atoms with van der Waals surface area (Å²) in [5.41, 5.74) is 4.17. The minimum atomic E-state index is 0.123. The van der Waals surface area contributed by atoms with Crippen LogP contribution in [0.3, 0.4) is 0 Å². The Hall–Kier alpha value is -0.980. The van der Waals surface area contributed by atoms with E-state index < -0.39 is 0 Å². The molecule has 0 aliphatic carbocycles. The molecule has 0 atom stereocenters. The lowest BCUT2D eigenvalue weighted by Crippen LogP contribution is -2.15. The monoisotopic (exact) mass is 248 g/mol. The van der Waals surface area contributed by atoms with E-state index in [0.29, 0.717) is 5.92 Å². The highest BCUT2D eigenvalue weighted by atomic mass is 16.5. The Morgan fingerprint density at radius 2 is 1.67 bits per heavy atom. The van der Waals surface area contributed by atoms with Crippen molar-refractivity contribution in [2.24, 2.45) is 0 Å². The second-order valence-corrected chi connectivity index (χ2v) is 6.20. The highest BCUT2D eigenvalue weighted by molar-refractivity contribution is 5.49. The van der Waals surface area contributed by atoms with Crippen LogP contribution in [0, 0.1) is 6.92 Å². The molecule has 1 nitrogen and oxygen atoms in total. The van der Waals surface area contributed by atoms with E-state index in [2.05, 4.69) is 53.7 Å². The van der Waals surface area contributed by atoms with Gasteiger partial charge < -0.3 is 4.74 Å². The molecule has 0 radical (unpaired) electrons. The van der Waals surface area contributed by atoms with Crippen LogP contribution < -0.4 is 4.74 Å². The van der Waals surface area contributed by atoms with Crippen molar-refractivity contribution in [3.63, 3.8) is 0 Å². The van der Waals surface area contributed by atoms with Gasteiger partial charge in [-0.15, -0.1) is 0 Å². The molecule has 1 heteroatoms. The molecule has 0 saturated heterocycles. The molecule has 0 N–H and O–H groups in total. The van der Waals surface area contributed by atoms with Gasteiger partial charge in [0.15, 0.2) is 0 Å². The van der Waals surface area contributed by atoms with Crippen LogP contribution in [-0.4, -0.2) is 7.11 Å². The molecule has 1 rings (SSSR count). The normalized spacial score (nSPS) is 12.0. The Labute approximate surface area is 113 Å². The lowest BCUT2D eigenvalue weighted by atomic mass is 9.81. The Bertz CT molecular complexity index is 395. The van der Waals surface area contributed by atoms with E-state index in [-0.39, 0.29) is 5.41 Å². The second kappa shape index (κ2) is 5.77. The van der Waals surface area contributed by atoms with Gasteiger partial charge in [0.1, 0.15) is 5.75 Å². The second-order valence-electron chi connectivity index (χ2n) is 6.20. The Morgan fingerprint density at radius 1 is 1.11 bits per heavy atom. The largest absolute Gasteiger partial charge is 0.496 e. The number of hydrogen-bond acceptors (Lipinski definition) is 1. The van der Waals surface area contributed by atoms with E-state index in [0.717, 1.165) is 5.75 Å². The summed E-state index contributed by atoms with van der Waals surface area (Å²) in [7, 11) is 1.80. The average Bonchev–Trinajstić information content (AvgIpc) is 2.29. The van der Waals surface area contributed by atoms with E-state index >= 15 is 0 Å².